The van der Waals surface area contributed by atoms with Crippen molar-refractivity contribution >= 4 is 17.2 Å². The number of ether oxygens (including phenoxy) is 1. The lowest BCUT2D eigenvalue weighted by Gasteiger charge is -2.10. The number of methoxy groups -OCH3 is 1. The molecule has 1 aromatic heterocycles. The third-order valence-electron chi connectivity index (χ3n) is 2.85. The normalized spacial score (nSPS) is 23.9. The average Bonchev–Trinajstić information content (AvgIpc) is 2.94. The highest BCUT2D eigenvalue weighted by Gasteiger charge is 2.28. The number of aryl methyl sites for hydroxylation is 1. The molecule has 5 nitrogen and oxygen atoms in total. The van der Waals surface area contributed by atoms with Crippen LogP contribution in [0.1, 0.15) is 17.1 Å². The second-order valence-electron chi connectivity index (χ2n) is 4.13. The van der Waals surface area contributed by atoms with Crippen LogP contribution in [0.4, 0.5) is 0 Å². The van der Waals surface area contributed by atoms with Gasteiger partial charge in [0.05, 0.1) is 29.4 Å². The van der Waals surface area contributed by atoms with Gasteiger partial charge in [0.1, 0.15) is 0 Å². The maximum Gasteiger partial charge on any atom is 0.237 e. The Labute approximate surface area is 105 Å². The maximum atomic E-state index is 11.8. The van der Waals surface area contributed by atoms with Crippen molar-refractivity contribution < 1.29 is 9.53 Å². The van der Waals surface area contributed by atoms with Crippen molar-refractivity contribution in [3.8, 4) is 0 Å². The number of rotatable bonds is 4. The number of carbonyl (C=O) groups excluding carboxylic acids is 1. The van der Waals surface area contributed by atoms with Crippen LogP contribution in [-0.4, -0.2) is 36.7 Å². The zero-order valence-corrected chi connectivity index (χ0v) is 10.8. The van der Waals surface area contributed by atoms with Crippen LogP contribution in [0.15, 0.2) is 5.38 Å². The van der Waals surface area contributed by atoms with E-state index in [9.17, 15) is 4.79 Å². The first-order chi connectivity index (χ1) is 8.19. The highest BCUT2D eigenvalue weighted by Crippen LogP contribution is 2.10. The Morgan fingerprint density at radius 3 is 3.18 bits per heavy atom. The van der Waals surface area contributed by atoms with Crippen LogP contribution >= 0.6 is 11.3 Å². The highest BCUT2D eigenvalue weighted by atomic mass is 32.1. The summed E-state index contributed by atoms with van der Waals surface area (Å²) in [6.45, 7) is 3.20. The molecule has 1 fully saturated rings. The van der Waals surface area contributed by atoms with E-state index in [0.29, 0.717) is 6.54 Å². The Kier molecular flexibility index (Phi) is 4.09. The van der Waals surface area contributed by atoms with Crippen LogP contribution in [0.3, 0.4) is 0 Å². The van der Waals surface area contributed by atoms with E-state index < -0.39 is 0 Å². The van der Waals surface area contributed by atoms with Crippen LogP contribution in [-0.2, 0) is 16.1 Å². The molecule has 1 aromatic rings. The van der Waals surface area contributed by atoms with E-state index in [2.05, 4.69) is 15.6 Å². The molecule has 0 aliphatic carbocycles. The van der Waals surface area contributed by atoms with Crippen molar-refractivity contribution in [2.75, 3.05) is 13.7 Å². The number of nitrogens with one attached hydrogen (secondary N) is 2. The van der Waals surface area contributed by atoms with Gasteiger partial charge in [-0.2, -0.15) is 0 Å². The predicted octanol–water partition coefficient (Wildman–Crippen LogP) is 0.445. The van der Waals surface area contributed by atoms with Gasteiger partial charge in [0.25, 0.3) is 0 Å². The SMILES string of the molecule is COC1CNC(C(=O)NCc2csc(C)n2)C1. The Bertz CT molecular complexity index is 394. The molecule has 94 valence electrons. The van der Waals surface area contributed by atoms with Crippen molar-refractivity contribution in [3.63, 3.8) is 0 Å². The van der Waals surface area contributed by atoms with E-state index in [1.54, 1.807) is 18.4 Å². The van der Waals surface area contributed by atoms with Crippen molar-refractivity contribution in [1.82, 2.24) is 15.6 Å². The zero-order valence-electron chi connectivity index (χ0n) is 10.0. The van der Waals surface area contributed by atoms with Gasteiger partial charge in [-0.15, -0.1) is 11.3 Å². The topological polar surface area (TPSA) is 63.2 Å². The first kappa shape index (κ1) is 12.5. The van der Waals surface area contributed by atoms with Crippen molar-refractivity contribution in [3.05, 3.63) is 16.1 Å². The van der Waals surface area contributed by atoms with Crippen molar-refractivity contribution in [1.29, 1.82) is 0 Å². The summed E-state index contributed by atoms with van der Waals surface area (Å²) in [7, 11) is 1.67. The van der Waals surface area contributed by atoms with Gasteiger partial charge < -0.3 is 15.4 Å². The van der Waals surface area contributed by atoms with Crippen LogP contribution in [0, 0.1) is 6.92 Å². The number of amides is 1. The number of carbonyl (C=O) groups is 1. The summed E-state index contributed by atoms with van der Waals surface area (Å²) < 4.78 is 5.20. The standard InChI is InChI=1S/C11H17N3O2S/c1-7-14-8(6-17-7)4-13-11(15)10-3-9(16-2)5-12-10/h6,9-10,12H,3-5H2,1-2H3,(H,13,15). The molecule has 1 aliphatic rings. The molecule has 2 N–H and O–H groups in total. The van der Waals surface area contributed by atoms with Gasteiger partial charge in [0, 0.05) is 19.0 Å². The second kappa shape index (κ2) is 5.57. The molecule has 1 aliphatic heterocycles. The summed E-state index contributed by atoms with van der Waals surface area (Å²) in [4.78, 5) is 16.1. The quantitative estimate of drug-likeness (QED) is 0.820. The third-order valence-corrected chi connectivity index (χ3v) is 3.67. The van der Waals surface area contributed by atoms with E-state index in [-0.39, 0.29) is 18.1 Å². The van der Waals surface area contributed by atoms with Gasteiger partial charge >= 0.3 is 0 Å². The Hall–Kier alpha value is -0.980. The number of nitrogens with zero attached hydrogens (tertiary/aromatic N) is 1. The minimum absolute atomic E-state index is 0.0233. The fourth-order valence-electron chi connectivity index (χ4n) is 1.87. The molecule has 0 bridgehead atoms. The van der Waals surface area contributed by atoms with E-state index in [4.69, 9.17) is 4.74 Å². The Balaban J connectivity index is 1.78. The molecule has 6 heteroatoms. The van der Waals surface area contributed by atoms with Crippen LogP contribution in [0.2, 0.25) is 0 Å². The summed E-state index contributed by atoms with van der Waals surface area (Å²) in [5.74, 6) is 0.0233. The zero-order chi connectivity index (χ0) is 12.3. The lowest BCUT2D eigenvalue weighted by molar-refractivity contribution is -0.123. The van der Waals surface area contributed by atoms with Gasteiger partial charge in [-0.1, -0.05) is 0 Å². The lowest BCUT2D eigenvalue weighted by atomic mass is 10.2. The van der Waals surface area contributed by atoms with Gasteiger partial charge in [-0.3, -0.25) is 4.79 Å². The van der Waals surface area contributed by atoms with Crippen molar-refractivity contribution in [2.24, 2.45) is 0 Å². The molecule has 0 spiro atoms. The maximum absolute atomic E-state index is 11.8. The number of hydrogen-bond donors (Lipinski definition) is 2. The molecule has 2 atom stereocenters. The van der Waals surface area contributed by atoms with Crippen molar-refractivity contribution in [2.45, 2.75) is 32.0 Å². The van der Waals surface area contributed by atoms with Gasteiger partial charge in [-0.05, 0) is 13.3 Å². The smallest absolute Gasteiger partial charge is 0.237 e. The van der Waals surface area contributed by atoms with Crippen LogP contribution < -0.4 is 10.6 Å². The largest absolute Gasteiger partial charge is 0.380 e. The molecule has 2 unspecified atom stereocenters. The van der Waals surface area contributed by atoms with E-state index in [0.717, 1.165) is 23.7 Å². The first-order valence-electron chi connectivity index (χ1n) is 5.64. The minimum Gasteiger partial charge on any atom is -0.380 e. The lowest BCUT2D eigenvalue weighted by Crippen LogP contribution is -2.40. The highest BCUT2D eigenvalue weighted by molar-refractivity contribution is 7.09. The minimum atomic E-state index is -0.139. The molecule has 17 heavy (non-hydrogen) atoms. The average molecular weight is 255 g/mol. The van der Waals surface area contributed by atoms with Crippen LogP contribution in [0.25, 0.3) is 0 Å². The Morgan fingerprint density at radius 1 is 1.76 bits per heavy atom. The van der Waals surface area contributed by atoms with E-state index >= 15 is 0 Å². The van der Waals surface area contributed by atoms with E-state index in [1.165, 1.54) is 0 Å². The van der Waals surface area contributed by atoms with Gasteiger partial charge in [0.2, 0.25) is 5.91 Å². The van der Waals surface area contributed by atoms with Gasteiger partial charge in [0.15, 0.2) is 0 Å². The molecule has 0 aromatic carbocycles. The fourth-order valence-corrected chi connectivity index (χ4v) is 2.49. The summed E-state index contributed by atoms with van der Waals surface area (Å²) in [6.07, 6.45) is 0.880. The summed E-state index contributed by atoms with van der Waals surface area (Å²) in [6, 6.07) is -0.139. The molecule has 1 amide bonds. The molecule has 0 saturated carbocycles. The third kappa shape index (κ3) is 3.24. The molecule has 0 radical (unpaired) electrons. The van der Waals surface area contributed by atoms with Gasteiger partial charge in [-0.25, -0.2) is 4.98 Å². The van der Waals surface area contributed by atoms with Crippen LogP contribution in [0.5, 0.6) is 0 Å². The predicted molar refractivity (Wildman–Crippen MR) is 65.9 cm³/mol. The summed E-state index contributed by atoms with van der Waals surface area (Å²) in [5, 5.41) is 9.02. The molecular weight excluding hydrogens is 238 g/mol. The Morgan fingerprint density at radius 2 is 2.59 bits per heavy atom. The van der Waals surface area contributed by atoms with E-state index in [1.807, 2.05) is 12.3 Å². The monoisotopic (exact) mass is 255 g/mol. The summed E-state index contributed by atoms with van der Waals surface area (Å²) >= 11 is 1.59. The first-order valence-corrected chi connectivity index (χ1v) is 6.52. The molecule has 2 heterocycles. The number of aromatic nitrogens is 1. The number of thiazole rings is 1. The molecule has 2 rings (SSSR count). The molecule has 1 saturated heterocycles. The molecular formula is C11H17N3O2S. The summed E-state index contributed by atoms with van der Waals surface area (Å²) in [5.41, 5.74) is 0.919. The number of hydrogen-bond acceptors (Lipinski definition) is 5. The fraction of sp³-hybridized carbons (Fsp3) is 0.636. The second-order valence-corrected chi connectivity index (χ2v) is 5.19.